The Morgan fingerprint density at radius 1 is 1.06 bits per heavy atom. The van der Waals surface area contributed by atoms with Gasteiger partial charge < -0.3 is 18.9 Å². The molecule has 0 radical (unpaired) electrons. The van der Waals surface area contributed by atoms with Gasteiger partial charge >= 0.3 is 0 Å². The Morgan fingerprint density at radius 3 is 2.58 bits per heavy atom. The zero-order valence-electron chi connectivity index (χ0n) is 18.5. The first-order chi connectivity index (χ1) is 15.2. The highest BCUT2D eigenvalue weighted by atomic mass is 16.5. The number of methoxy groups -OCH3 is 2. The van der Waals surface area contributed by atoms with E-state index >= 15 is 0 Å². The van der Waals surface area contributed by atoms with Gasteiger partial charge in [0, 0.05) is 25.2 Å². The maximum atomic E-state index is 13.0. The van der Waals surface area contributed by atoms with Crippen LogP contribution in [0, 0.1) is 5.92 Å². The van der Waals surface area contributed by atoms with Gasteiger partial charge in [-0.15, -0.1) is 0 Å². The zero-order valence-corrected chi connectivity index (χ0v) is 18.5. The molecule has 0 spiro atoms. The molecule has 1 aromatic heterocycles. The number of carbonyl (C=O) groups excluding carboxylic acids is 1. The molecule has 31 heavy (non-hydrogen) atoms. The van der Waals surface area contributed by atoms with Crippen molar-refractivity contribution in [3.8, 4) is 22.9 Å². The highest BCUT2D eigenvalue weighted by molar-refractivity contribution is 5.79. The van der Waals surface area contributed by atoms with Crippen LogP contribution in [0.3, 0.4) is 0 Å². The van der Waals surface area contributed by atoms with Crippen LogP contribution in [0.25, 0.3) is 11.4 Å². The molecule has 168 valence electrons. The number of piperidine rings is 1. The molecule has 1 atom stereocenters. The molecule has 0 aliphatic carbocycles. The second-order valence-electron chi connectivity index (χ2n) is 8.40. The Labute approximate surface area is 183 Å². The summed E-state index contributed by atoms with van der Waals surface area (Å²) in [7, 11) is 3.20. The molecule has 1 amide bonds. The van der Waals surface area contributed by atoms with Crippen molar-refractivity contribution in [1.82, 2.24) is 19.9 Å². The fourth-order valence-corrected chi connectivity index (χ4v) is 4.55. The third kappa shape index (κ3) is 5.18. The monoisotopic (exact) mass is 428 g/mol. The lowest BCUT2D eigenvalue weighted by atomic mass is 9.96. The van der Waals surface area contributed by atoms with Gasteiger partial charge in [0.15, 0.2) is 11.5 Å². The Hall–Kier alpha value is -2.61. The summed E-state index contributed by atoms with van der Waals surface area (Å²) in [6.07, 6.45) is 6.71. The van der Waals surface area contributed by atoms with Crippen molar-refractivity contribution >= 4 is 5.91 Å². The van der Waals surface area contributed by atoms with Crippen LogP contribution >= 0.6 is 0 Å². The highest BCUT2D eigenvalue weighted by Crippen LogP contribution is 2.31. The van der Waals surface area contributed by atoms with Crippen molar-refractivity contribution < 1.29 is 18.8 Å². The number of carbonyl (C=O) groups is 1. The molecular formula is C23H32N4O4. The van der Waals surface area contributed by atoms with E-state index in [0.717, 1.165) is 57.4 Å². The SMILES string of the molecule is COc1ccc(-c2noc(CN3CCCC(C(=O)N4CCCCCC4)C3)n2)cc1OC. The average molecular weight is 429 g/mol. The molecule has 8 nitrogen and oxygen atoms in total. The molecule has 0 bridgehead atoms. The number of benzene rings is 1. The van der Waals surface area contributed by atoms with Crippen LogP contribution in [0.5, 0.6) is 11.5 Å². The largest absolute Gasteiger partial charge is 0.493 e. The van der Waals surface area contributed by atoms with Gasteiger partial charge in [0.2, 0.25) is 17.6 Å². The van der Waals surface area contributed by atoms with E-state index in [1.165, 1.54) is 12.8 Å². The van der Waals surface area contributed by atoms with Crippen LogP contribution in [-0.2, 0) is 11.3 Å². The number of nitrogens with zero attached hydrogens (tertiary/aromatic N) is 4. The van der Waals surface area contributed by atoms with Gasteiger partial charge in [-0.3, -0.25) is 9.69 Å². The summed E-state index contributed by atoms with van der Waals surface area (Å²) < 4.78 is 16.2. The quantitative estimate of drug-likeness (QED) is 0.698. The average Bonchev–Trinajstić information content (AvgIpc) is 3.10. The van der Waals surface area contributed by atoms with E-state index in [-0.39, 0.29) is 5.92 Å². The molecule has 2 aromatic rings. The predicted octanol–water partition coefficient (Wildman–Crippen LogP) is 3.37. The topological polar surface area (TPSA) is 80.9 Å². The van der Waals surface area contributed by atoms with Gasteiger partial charge in [-0.1, -0.05) is 18.0 Å². The summed E-state index contributed by atoms with van der Waals surface area (Å²) >= 11 is 0. The number of ether oxygens (including phenoxy) is 2. The van der Waals surface area contributed by atoms with Crippen LogP contribution in [-0.4, -0.2) is 66.2 Å². The molecule has 2 saturated heterocycles. The fourth-order valence-electron chi connectivity index (χ4n) is 4.55. The number of likely N-dealkylation sites (tertiary alicyclic amines) is 2. The van der Waals surface area contributed by atoms with Gasteiger partial charge in [-0.05, 0) is 50.4 Å². The van der Waals surface area contributed by atoms with Crippen LogP contribution in [0.4, 0.5) is 0 Å². The Bertz CT molecular complexity index is 876. The summed E-state index contributed by atoms with van der Waals surface area (Å²) in [6, 6.07) is 5.55. The lowest BCUT2D eigenvalue weighted by Crippen LogP contribution is -2.44. The number of hydrogen-bond donors (Lipinski definition) is 0. The zero-order chi connectivity index (χ0) is 21.6. The Balaban J connectivity index is 1.38. The number of amides is 1. The standard InChI is InChI=1S/C23H32N4O4/c1-29-19-10-9-17(14-20(19)30-2)22-24-21(31-25-22)16-26-11-7-8-18(15-26)23(28)27-12-5-3-4-6-13-27/h9-10,14,18H,3-8,11-13,15-16H2,1-2H3. The Kier molecular flexibility index (Phi) is 7.06. The van der Waals surface area contributed by atoms with Crippen LogP contribution in [0.15, 0.2) is 22.7 Å². The van der Waals surface area contributed by atoms with Crippen molar-refractivity contribution in [3.05, 3.63) is 24.1 Å². The minimum atomic E-state index is 0.0695. The van der Waals surface area contributed by atoms with Crippen LogP contribution < -0.4 is 9.47 Å². The smallest absolute Gasteiger partial charge is 0.241 e. The lowest BCUT2D eigenvalue weighted by molar-refractivity contribution is -0.137. The van der Waals surface area contributed by atoms with Gasteiger partial charge in [-0.2, -0.15) is 4.98 Å². The fraction of sp³-hybridized carbons (Fsp3) is 0.609. The van der Waals surface area contributed by atoms with Gasteiger partial charge in [-0.25, -0.2) is 0 Å². The van der Waals surface area contributed by atoms with E-state index in [2.05, 4.69) is 19.9 Å². The van der Waals surface area contributed by atoms with Crippen LogP contribution in [0.1, 0.15) is 44.4 Å². The molecule has 4 rings (SSSR count). The molecule has 1 unspecified atom stereocenters. The summed E-state index contributed by atoms with van der Waals surface area (Å²) in [6.45, 7) is 4.08. The molecule has 1 aromatic carbocycles. The first-order valence-electron chi connectivity index (χ1n) is 11.2. The van der Waals surface area contributed by atoms with E-state index < -0.39 is 0 Å². The van der Waals surface area contributed by atoms with Crippen molar-refractivity contribution in [2.24, 2.45) is 5.92 Å². The third-order valence-electron chi connectivity index (χ3n) is 6.24. The van der Waals surface area contributed by atoms with E-state index in [0.29, 0.717) is 35.7 Å². The van der Waals surface area contributed by atoms with Crippen molar-refractivity contribution in [2.75, 3.05) is 40.4 Å². The molecule has 2 aliphatic heterocycles. The molecular weight excluding hydrogens is 396 g/mol. The minimum Gasteiger partial charge on any atom is -0.493 e. The number of rotatable bonds is 6. The normalized spacial score (nSPS) is 20.3. The molecule has 8 heteroatoms. The summed E-state index contributed by atoms with van der Waals surface area (Å²) in [5.41, 5.74) is 0.806. The summed E-state index contributed by atoms with van der Waals surface area (Å²) in [5, 5.41) is 4.14. The van der Waals surface area contributed by atoms with E-state index in [1.54, 1.807) is 14.2 Å². The van der Waals surface area contributed by atoms with Crippen molar-refractivity contribution in [1.29, 1.82) is 0 Å². The Morgan fingerprint density at radius 2 is 1.84 bits per heavy atom. The highest BCUT2D eigenvalue weighted by Gasteiger charge is 2.30. The van der Waals surface area contributed by atoms with Crippen LogP contribution in [0.2, 0.25) is 0 Å². The van der Waals surface area contributed by atoms with Crippen molar-refractivity contribution in [3.63, 3.8) is 0 Å². The first kappa shape index (κ1) is 21.6. The summed E-state index contributed by atoms with van der Waals surface area (Å²) in [5.74, 6) is 2.75. The predicted molar refractivity (Wildman–Crippen MR) is 116 cm³/mol. The van der Waals surface area contributed by atoms with Gasteiger partial charge in [0.1, 0.15) is 0 Å². The van der Waals surface area contributed by atoms with Gasteiger partial charge in [0.25, 0.3) is 0 Å². The third-order valence-corrected chi connectivity index (χ3v) is 6.24. The lowest BCUT2D eigenvalue weighted by Gasteiger charge is -2.34. The maximum Gasteiger partial charge on any atom is 0.241 e. The second kappa shape index (κ2) is 10.1. The van der Waals surface area contributed by atoms with E-state index in [1.807, 2.05) is 18.2 Å². The molecule has 3 heterocycles. The molecule has 0 saturated carbocycles. The summed E-state index contributed by atoms with van der Waals surface area (Å²) in [4.78, 5) is 21.9. The minimum absolute atomic E-state index is 0.0695. The van der Waals surface area contributed by atoms with Crippen molar-refractivity contribution in [2.45, 2.75) is 45.1 Å². The molecule has 2 fully saturated rings. The maximum absolute atomic E-state index is 13.0. The number of hydrogen-bond acceptors (Lipinski definition) is 7. The van der Waals surface area contributed by atoms with E-state index in [4.69, 9.17) is 14.0 Å². The first-order valence-corrected chi connectivity index (χ1v) is 11.2. The number of aromatic nitrogens is 2. The second-order valence-corrected chi connectivity index (χ2v) is 8.40. The van der Waals surface area contributed by atoms with E-state index in [9.17, 15) is 4.79 Å². The molecule has 0 N–H and O–H groups in total. The van der Waals surface area contributed by atoms with Gasteiger partial charge in [0.05, 0.1) is 26.7 Å². The molecule has 2 aliphatic rings.